The lowest BCUT2D eigenvalue weighted by Crippen LogP contribution is -2.49. The SMILES string of the molecule is COc1ccc(Cl)cc1NC(=O)CCN1CCN(C(=O)Cc2ccc(C)cc2)CC1. The van der Waals surface area contributed by atoms with E-state index in [2.05, 4.69) is 10.2 Å². The smallest absolute Gasteiger partial charge is 0.227 e. The Kier molecular flexibility index (Phi) is 7.71. The number of ether oxygens (including phenoxy) is 1. The topological polar surface area (TPSA) is 61.9 Å². The van der Waals surface area contributed by atoms with Crippen molar-refractivity contribution in [1.29, 1.82) is 0 Å². The van der Waals surface area contributed by atoms with Gasteiger partial charge in [0.25, 0.3) is 0 Å². The first kappa shape index (κ1) is 22.1. The molecule has 2 aromatic carbocycles. The molecular formula is C23H28ClN3O3. The van der Waals surface area contributed by atoms with E-state index in [1.165, 1.54) is 5.56 Å². The summed E-state index contributed by atoms with van der Waals surface area (Å²) in [6, 6.07) is 13.2. The zero-order chi connectivity index (χ0) is 21.5. The van der Waals surface area contributed by atoms with E-state index in [0.29, 0.717) is 48.9 Å². The summed E-state index contributed by atoms with van der Waals surface area (Å²) in [4.78, 5) is 29.0. The Bertz CT molecular complexity index is 878. The summed E-state index contributed by atoms with van der Waals surface area (Å²) < 4.78 is 5.26. The van der Waals surface area contributed by atoms with E-state index in [4.69, 9.17) is 16.3 Å². The third kappa shape index (κ3) is 6.21. The molecule has 2 aromatic rings. The van der Waals surface area contributed by atoms with Crippen molar-refractivity contribution in [1.82, 2.24) is 9.80 Å². The summed E-state index contributed by atoms with van der Waals surface area (Å²) in [5, 5.41) is 3.40. The van der Waals surface area contributed by atoms with Gasteiger partial charge in [0.05, 0.1) is 19.2 Å². The van der Waals surface area contributed by atoms with Gasteiger partial charge in [-0.25, -0.2) is 0 Å². The third-order valence-electron chi connectivity index (χ3n) is 5.29. The van der Waals surface area contributed by atoms with Crippen molar-refractivity contribution in [3.05, 3.63) is 58.6 Å². The Morgan fingerprint density at radius 2 is 1.77 bits per heavy atom. The Hall–Kier alpha value is -2.57. The molecule has 1 heterocycles. The van der Waals surface area contributed by atoms with E-state index in [1.807, 2.05) is 36.1 Å². The Labute approximate surface area is 182 Å². The van der Waals surface area contributed by atoms with Crippen molar-refractivity contribution in [2.24, 2.45) is 0 Å². The molecule has 2 amide bonds. The molecule has 1 aliphatic heterocycles. The average Bonchev–Trinajstić information content (AvgIpc) is 2.74. The van der Waals surface area contributed by atoms with Crippen LogP contribution in [0.25, 0.3) is 0 Å². The summed E-state index contributed by atoms with van der Waals surface area (Å²) in [6.07, 6.45) is 0.803. The van der Waals surface area contributed by atoms with Crippen LogP contribution in [-0.4, -0.2) is 61.4 Å². The molecule has 0 bridgehead atoms. The van der Waals surface area contributed by atoms with Crippen LogP contribution in [0.4, 0.5) is 5.69 Å². The van der Waals surface area contributed by atoms with Crippen LogP contribution in [0.2, 0.25) is 5.02 Å². The van der Waals surface area contributed by atoms with Gasteiger partial charge in [0, 0.05) is 44.2 Å². The van der Waals surface area contributed by atoms with Crippen molar-refractivity contribution >= 4 is 29.1 Å². The van der Waals surface area contributed by atoms with Gasteiger partial charge in [-0.05, 0) is 30.7 Å². The van der Waals surface area contributed by atoms with Gasteiger partial charge in [0.15, 0.2) is 0 Å². The monoisotopic (exact) mass is 429 g/mol. The molecule has 0 saturated carbocycles. The number of halogens is 1. The van der Waals surface area contributed by atoms with Crippen molar-refractivity contribution in [3.63, 3.8) is 0 Å². The van der Waals surface area contributed by atoms with Crippen LogP contribution in [0.3, 0.4) is 0 Å². The highest BCUT2D eigenvalue weighted by Gasteiger charge is 2.21. The Morgan fingerprint density at radius 1 is 1.07 bits per heavy atom. The molecule has 7 heteroatoms. The number of methoxy groups -OCH3 is 1. The van der Waals surface area contributed by atoms with E-state index < -0.39 is 0 Å². The molecule has 1 saturated heterocycles. The summed E-state index contributed by atoms with van der Waals surface area (Å²) in [6.45, 7) is 5.61. The lowest BCUT2D eigenvalue weighted by atomic mass is 10.1. The fourth-order valence-electron chi connectivity index (χ4n) is 3.46. The fourth-order valence-corrected chi connectivity index (χ4v) is 3.64. The molecule has 0 atom stereocenters. The second kappa shape index (κ2) is 10.5. The van der Waals surface area contributed by atoms with Gasteiger partial charge in [-0.3, -0.25) is 14.5 Å². The number of rotatable bonds is 7. The van der Waals surface area contributed by atoms with E-state index >= 15 is 0 Å². The maximum absolute atomic E-state index is 12.5. The summed E-state index contributed by atoms with van der Waals surface area (Å²) in [5.74, 6) is 0.645. The molecule has 1 N–H and O–H groups in total. The second-order valence-electron chi connectivity index (χ2n) is 7.53. The Balaban J connectivity index is 1.41. The number of nitrogens with one attached hydrogen (secondary N) is 1. The summed E-state index contributed by atoms with van der Waals surface area (Å²) in [5.41, 5.74) is 2.81. The van der Waals surface area contributed by atoms with Gasteiger partial charge in [-0.15, -0.1) is 0 Å². The van der Waals surface area contributed by atoms with Gasteiger partial charge in [0.2, 0.25) is 11.8 Å². The van der Waals surface area contributed by atoms with Gasteiger partial charge < -0.3 is 15.0 Å². The highest BCUT2D eigenvalue weighted by Crippen LogP contribution is 2.27. The number of hydrogen-bond donors (Lipinski definition) is 1. The van der Waals surface area contributed by atoms with E-state index in [-0.39, 0.29) is 11.8 Å². The van der Waals surface area contributed by atoms with E-state index in [0.717, 1.165) is 18.7 Å². The van der Waals surface area contributed by atoms with Crippen molar-refractivity contribution < 1.29 is 14.3 Å². The first-order valence-corrected chi connectivity index (χ1v) is 10.5. The third-order valence-corrected chi connectivity index (χ3v) is 5.53. The predicted octanol–water partition coefficient (Wildman–Crippen LogP) is 3.37. The molecule has 30 heavy (non-hydrogen) atoms. The van der Waals surface area contributed by atoms with Crippen LogP contribution in [0.5, 0.6) is 5.75 Å². The maximum Gasteiger partial charge on any atom is 0.227 e. The van der Waals surface area contributed by atoms with E-state index in [1.54, 1.807) is 25.3 Å². The van der Waals surface area contributed by atoms with Crippen LogP contribution in [0, 0.1) is 6.92 Å². The number of benzene rings is 2. The van der Waals surface area contributed by atoms with Gasteiger partial charge in [-0.2, -0.15) is 0 Å². The highest BCUT2D eigenvalue weighted by molar-refractivity contribution is 6.31. The fraction of sp³-hybridized carbons (Fsp3) is 0.391. The minimum Gasteiger partial charge on any atom is -0.495 e. The Morgan fingerprint density at radius 3 is 2.43 bits per heavy atom. The van der Waals surface area contributed by atoms with Gasteiger partial charge in [0.1, 0.15) is 5.75 Å². The molecule has 0 unspecified atom stereocenters. The standard InChI is InChI=1S/C23H28ClN3O3/c1-17-3-5-18(6-4-17)15-23(29)27-13-11-26(12-14-27)10-9-22(28)25-20-16-19(24)7-8-21(20)30-2/h3-8,16H,9-15H2,1-2H3,(H,25,28). The van der Waals surface area contributed by atoms with Gasteiger partial charge in [-0.1, -0.05) is 41.4 Å². The minimum atomic E-state index is -0.0894. The number of carbonyl (C=O) groups excluding carboxylic acids is 2. The zero-order valence-corrected chi connectivity index (χ0v) is 18.2. The quantitative estimate of drug-likeness (QED) is 0.733. The minimum absolute atomic E-state index is 0.0894. The molecule has 160 valence electrons. The predicted molar refractivity (Wildman–Crippen MR) is 119 cm³/mol. The van der Waals surface area contributed by atoms with Crippen LogP contribution in [-0.2, 0) is 16.0 Å². The van der Waals surface area contributed by atoms with Crippen molar-refractivity contribution in [3.8, 4) is 5.75 Å². The van der Waals surface area contributed by atoms with Crippen LogP contribution in [0.1, 0.15) is 17.5 Å². The molecule has 0 radical (unpaired) electrons. The molecule has 0 spiro atoms. The second-order valence-corrected chi connectivity index (χ2v) is 7.96. The summed E-state index contributed by atoms with van der Waals surface area (Å²) in [7, 11) is 1.55. The van der Waals surface area contributed by atoms with Crippen LogP contribution in [0.15, 0.2) is 42.5 Å². The largest absolute Gasteiger partial charge is 0.495 e. The molecule has 0 aliphatic carbocycles. The number of nitrogens with zero attached hydrogens (tertiary/aromatic N) is 2. The zero-order valence-electron chi connectivity index (χ0n) is 17.5. The number of aryl methyl sites for hydroxylation is 1. The number of anilines is 1. The molecular weight excluding hydrogens is 402 g/mol. The van der Waals surface area contributed by atoms with E-state index in [9.17, 15) is 9.59 Å². The molecule has 1 aliphatic rings. The maximum atomic E-state index is 12.5. The van der Waals surface area contributed by atoms with Crippen LogP contribution >= 0.6 is 11.6 Å². The van der Waals surface area contributed by atoms with Crippen molar-refractivity contribution in [2.75, 3.05) is 45.2 Å². The molecule has 6 nitrogen and oxygen atoms in total. The molecule has 0 aromatic heterocycles. The number of hydrogen-bond acceptors (Lipinski definition) is 4. The first-order chi connectivity index (χ1) is 14.4. The highest BCUT2D eigenvalue weighted by atomic mass is 35.5. The lowest BCUT2D eigenvalue weighted by Gasteiger charge is -2.34. The summed E-state index contributed by atoms with van der Waals surface area (Å²) >= 11 is 6.01. The number of carbonyl (C=O) groups is 2. The number of piperazine rings is 1. The number of amides is 2. The van der Waals surface area contributed by atoms with Gasteiger partial charge >= 0.3 is 0 Å². The molecule has 3 rings (SSSR count). The van der Waals surface area contributed by atoms with Crippen molar-refractivity contribution in [2.45, 2.75) is 19.8 Å². The first-order valence-electron chi connectivity index (χ1n) is 10.1. The lowest BCUT2D eigenvalue weighted by molar-refractivity contribution is -0.132. The average molecular weight is 430 g/mol. The molecule has 1 fully saturated rings. The van der Waals surface area contributed by atoms with Crippen LogP contribution < -0.4 is 10.1 Å². The normalized spacial score (nSPS) is 14.4.